The number of nitrogens with two attached hydrogens (primary N) is 1. The van der Waals surface area contributed by atoms with E-state index in [1.807, 2.05) is 22.9 Å². The molecule has 0 amide bonds. The second-order valence-corrected chi connectivity index (χ2v) is 4.37. The number of hydrogen-bond donors (Lipinski definition) is 2. The van der Waals surface area contributed by atoms with E-state index in [2.05, 4.69) is 19.0 Å². The Labute approximate surface area is 102 Å². The average Bonchev–Trinajstić information content (AvgIpc) is 2.75. The van der Waals surface area contributed by atoms with Crippen molar-refractivity contribution in [3.05, 3.63) is 24.0 Å². The quantitative estimate of drug-likeness (QED) is 0.250. The lowest BCUT2D eigenvalue weighted by Gasteiger charge is -2.09. The molecule has 0 aliphatic rings. The Bertz CT molecular complexity index is 358. The van der Waals surface area contributed by atoms with E-state index in [0.717, 1.165) is 13.0 Å². The molecule has 0 aromatic carbocycles. The predicted octanol–water partition coefficient (Wildman–Crippen LogP) is 1.65. The molecule has 17 heavy (non-hydrogen) atoms. The number of hydrogen-bond acceptors (Lipinski definition) is 3. The van der Waals surface area contributed by atoms with Gasteiger partial charge in [0.05, 0.1) is 12.3 Å². The van der Waals surface area contributed by atoms with Crippen LogP contribution >= 0.6 is 0 Å². The highest BCUT2D eigenvalue weighted by Crippen LogP contribution is 2.03. The standard InChI is InChI=1S/C12H21N3O2/c1-10(2)5-8-17-9-7-15-6-3-4-11(15)12(13)14-16/h3-4,6,10,16H,5,7-9H2,1-2H3,(H2,13,14). The predicted molar refractivity (Wildman–Crippen MR) is 67.2 cm³/mol. The molecule has 5 heteroatoms. The molecule has 0 radical (unpaired) electrons. The Morgan fingerprint density at radius 2 is 2.29 bits per heavy atom. The van der Waals surface area contributed by atoms with Crippen LogP contribution in [0.4, 0.5) is 0 Å². The molecule has 0 saturated carbocycles. The van der Waals surface area contributed by atoms with E-state index >= 15 is 0 Å². The molecule has 5 nitrogen and oxygen atoms in total. The fourth-order valence-corrected chi connectivity index (χ4v) is 1.48. The molecule has 0 atom stereocenters. The maximum atomic E-state index is 8.62. The first-order chi connectivity index (χ1) is 8.15. The van der Waals surface area contributed by atoms with Gasteiger partial charge in [-0.3, -0.25) is 0 Å². The summed E-state index contributed by atoms with van der Waals surface area (Å²) in [5, 5.41) is 11.6. The third-order valence-corrected chi connectivity index (χ3v) is 2.52. The van der Waals surface area contributed by atoms with Gasteiger partial charge in [-0.1, -0.05) is 19.0 Å². The number of aromatic nitrogens is 1. The molecule has 96 valence electrons. The van der Waals surface area contributed by atoms with Gasteiger partial charge in [0.2, 0.25) is 0 Å². The number of nitrogens with zero attached hydrogens (tertiary/aromatic N) is 2. The zero-order valence-corrected chi connectivity index (χ0v) is 10.5. The summed E-state index contributed by atoms with van der Waals surface area (Å²) in [7, 11) is 0. The molecule has 0 spiro atoms. The van der Waals surface area contributed by atoms with E-state index in [9.17, 15) is 0 Å². The minimum absolute atomic E-state index is 0.122. The highest BCUT2D eigenvalue weighted by Gasteiger charge is 2.05. The fraction of sp³-hybridized carbons (Fsp3) is 0.583. The van der Waals surface area contributed by atoms with Gasteiger partial charge in [0.25, 0.3) is 0 Å². The third kappa shape index (κ3) is 4.48. The van der Waals surface area contributed by atoms with Crippen molar-refractivity contribution >= 4 is 5.84 Å². The first kappa shape index (κ1) is 13.6. The Hall–Kier alpha value is -1.49. The Balaban J connectivity index is 2.35. The van der Waals surface area contributed by atoms with Crippen LogP contribution in [0, 0.1) is 5.92 Å². The van der Waals surface area contributed by atoms with Crippen LogP contribution < -0.4 is 5.73 Å². The van der Waals surface area contributed by atoms with Gasteiger partial charge in [-0.2, -0.15) is 0 Å². The zero-order valence-electron chi connectivity index (χ0n) is 10.5. The summed E-state index contributed by atoms with van der Waals surface area (Å²) >= 11 is 0. The van der Waals surface area contributed by atoms with Crippen LogP contribution in [0.5, 0.6) is 0 Å². The maximum absolute atomic E-state index is 8.62. The van der Waals surface area contributed by atoms with Gasteiger partial charge >= 0.3 is 0 Å². The van der Waals surface area contributed by atoms with Crippen molar-refractivity contribution in [1.82, 2.24) is 4.57 Å². The van der Waals surface area contributed by atoms with E-state index in [0.29, 0.717) is 24.8 Å². The van der Waals surface area contributed by atoms with Crippen molar-refractivity contribution in [3.63, 3.8) is 0 Å². The van der Waals surface area contributed by atoms with Gasteiger partial charge in [-0.15, -0.1) is 0 Å². The summed E-state index contributed by atoms with van der Waals surface area (Å²) in [6, 6.07) is 3.67. The normalized spacial score (nSPS) is 12.3. The number of amidine groups is 1. The fourth-order valence-electron chi connectivity index (χ4n) is 1.48. The van der Waals surface area contributed by atoms with Crippen molar-refractivity contribution < 1.29 is 9.94 Å². The summed E-state index contributed by atoms with van der Waals surface area (Å²) in [5.41, 5.74) is 6.26. The molecule has 0 aliphatic heterocycles. The van der Waals surface area contributed by atoms with Gasteiger partial charge in [-0.25, -0.2) is 0 Å². The van der Waals surface area contributed by atoms with Gasteiger partial charge in [0.15, 0.2) is 5.84 Å². The van der Waals surface area contributed by atoms with Crippen LogP contribution in [0.15, 0.2) is 23.5 Å². The Kier molecular flexibility index (Phi) is 5.56. The molecule has 1 rings (SSSR count). The lowest BCUT2D eigenvalue weighted by Crippen LogP contribution is -2.19. The molecule has 3 N–H and O–H groups in total. The number of oxime groups is 1. The van der Waals surface area contributed by atoms with E-state index in [-0.39, 0.29) is 5.84 Å². The summed E-state index contributed by atoms with van der Waals surface area (Å²) in [6.07, 6.45) is 2.96. The molecule has 0 unspecified atom stereocenters. The molecule has 1 aromatic rings. The largest absolute Gasteiger partial charge is 0.409 e. The zero-order chi connectivity index (χ0) is 12.7. The lowest BCUT2D eigenvalue weighted by atomic mass is 10.1. The molecule has 0 saturated heterocycles. The summed E-state index contributed by atoms with van der Waals surface area (Å²) < 4.78 is 7.43. The molecule has 0 bridgehead atoms. The van der Waals surface area contributed by atoms with Crippen molar-refractivity contribution in [2.45, 2.75) is 26.8 Å². The summed E-state index contributed by atoms with van der Waals surface area (Å²) in [6.45, 7) is 6.46. The number of ether oxygens (including phenoxy) is 1. The van der Waals surface area contributed by atoms with E-state index in [1.165, 1.54) is 0 Å². The smallest absolute Gasteiger partial charge is 0.186 e. The minimum atomic E-state index is 0.122. The maximum Gasteiger partial charge on any atom is 0.186 e. The van der Waals surface area contributed by atoms with E-state index < -0.39 is 0 Å². The van der Waals surface area contributed by atoms with E-state index in [1.54, 1.807) is 0 Å². The molecular formula is C12H21N3O2. The average molecular weight is 239 g/mol. The van der Waals surface area contributed by atoms with Gasteiger partial charge in [0, 0.05) is 19.3 Å². The monoisotopic (exact) mass is 239 g/mol. The van der Waals surface area contributed by atoms with Crippen molar-refractivity contribution in [2.75, 3.05) is 13.2 Å². The molecule has 1 heterocycles. The highest BCUT2D eigenvalue weighted by atomic mass is 16.5. The molecule has 0 aliphatic carbocycles. The van der Waals surface area contributed by atoms with Crippen molar-refractivity contribution in [3.8, 4) is 0 Å². The highest BCUT2D eigenvalue weighted by molar-refractivity contribution is 5.95. The summed E-state index contributed by atoms with van der Waals surface area (Å²) in [4.78, 5) is 0. The van der Waals surface area contributed by atoms with Crippen molar-refractivity contribution in [2.24, 2.45) is 16.8 Å². The first-order valence-electron chi connectivity index (χ1n) is 5.86. The molecular weight excluding hydrogens is 218 g/mol. The molecule has 0 fully saturated rings. The van der Waals surface area contributed by atoms with Crippen LogP contribution in [-0.2, 0) is 11.3 Å². The van der Waals surface area contributed by atoms with E-state index in [4.69, 9.17) is 15.7 Å². The summed E-state index contributed by atoms with van der Waals surface area (Å²) in [5.74, 6) is 0.784. The Morgan fingerprint density at radius 1 is 1.53 bits per heavy atom. The number of rotatable bonds is 7. The van der Waals surface area contributed by atoms with Gasteiger partial charge < -0.3 is 20.2 Å². The second-order valence-electron chi connectivity index (χ2n) is 4.37. The SMILES string of the molecule is CC(C)CCOCCn1cccc1/C(N)=N/O. The minimum Gasteiger partial charge on any atom is -0.409 e. The Morgan fingerprint density at radius 3 is 2.94 bits per heavy atom. The van der Waals surface area contributed by atoms with Gasteiger partial charge in [0.1, 0.15) is 0 Å². The van der Waals surface area contributed by atoms with Crippen LogP contribution in [0.1, 0.15) is 26.0 Å². The van der Waals surface area contributed by atoms with Crippen LogP contribution in [-0.4, -0.2) is 28.8 Å². The van der Waals surface area contributed by atoms with Crippen molar-refractivity contribution in [1.29, 1.82) is 0 Å². The second kappa shape index (κ2) is 6.96. The van der Waals surface area contributed by atoms with Crippen LogP contribution in [0.2, 0.25) is 0 Å². The topological polar surface area (TPSA) is 72.8 Å². The third-order valence-electron chi connectivity index (χ3n) is 2.52. The molecule has 1 aromatic heterocycles. The van der Waals surface area contributed by atoms with Crippen LogP contribution in [0.3, 0.4) is 0 Å². The first-order valence-corrected chi connectivity index (χ1v) is 5.86. The van der Waals surface area contributed by atoms with Crippen LogP contribution in [0.25, 0.3) is 0 Å². The lowest BCUT2D eigenvalue weighted by molar-refractivity contribution is 0.116. The van der Waals surface area contributed by atoms with Gasteiger partial charge in [-0.05, 0) is 24.5 Å².